The molecule has 2 heterocycles. The molecule has 16 heteroatoms. The van der Waals surface area contributed by atoms with Gasteiger partial charge in [-0.3, -0.25) is 24.5 Å². The van der Waals surface area contributed by atoms with Gasteiger partial charge < -0.3 is 28.4 Å². The van der Waals surface area contributed by atoms with Crippen LogP contribution in [0.15, 0.2) is 118 Å². The molecule has 0 spiro atoms. The number of aromatic nitrogens is 2. The van der Waals surface area contributed by atoms with E-state index in [0.29, 0.717) is 28.2 Å². The van der Waals surface area contributed by atoms with Crippen molar-refractivity contribution < 1.29 is 33.3 Å². The molecule has 1 N–H and O–H groups in total. The molecule has 1 aliphatic rings. The fraction of sp³-hybridized carbons (Fsp3) is 0.317. The first-order valence-electron chi connectivity index (χ1n) is 18.1. The first kappa shape index (κ1) is 40.4. The van der Waals surface area contributed by atoms with E-state index in [1.807, 2.05) is 78.9 Å². The summed E-state index contributed by atoms with van der Waals surface area (Å²) in [7, 11) is 3.20. The summed E-state index contributed by atoms with van der Waals surface area (Å²) >= 11 is 0. The van der Waals surface area contributed by atoms with E-state index in [9.17, 15) is 19.7 Å². The first-order chi connectivity index (χ1) is 27.7. The van der Waals surface area contributed by atoms with Crippen LogP contribution in [0.3, 0.4) is 0 Å². The number of nitrogens with one attached hydrogen (secondary N) is 1. The largest absolute Gasteiger partial charge is 0.497 e. The fourth-order valence-electron chi connectivity index (χ4n) is 6.88. The minimum atomic E-state index is -1.17. The highest BCUT2D eigenvalue weighted by Crippen LogP contribution is 2.43. The highest BCUT2D eigenvalue weighted by molar-refractivity contribution is 5.50. The summed E-state index contributed by atoms with van der Waals surface area (Å²) in [4.78, 5) is 41.5. The molecule has 57 heavy (non-hydrogen) atoms. The van der Waals surface area contributed by atoms with Crippen LogP contribution in [0.1, 0.15) is 46.0 Å². The van der Waals surface area contributed by atoms with Crippen LogP contribution in [0.2, 0.25) is 0 Å². The highest BCUT2D eigenvalue weighted by atomic mass is 16.7. The number of hydrogen-bond donors (Lipinski definition) is 1. The predicted octanol–water partition coefficient (Wildman–Crippen LogP) is 6.48. The summed E-state index contributed by atoms with van der Waals surface area (Å²) in [6, 6.07) is 29.5. The van der Waals surface area contributed by atoms with Gasteiger partial charge in [0, 0.05) is 41.1 Å². The van der Waals surface area contributed by atoms with Gasteiger partial charge in [-0.1, -0.05) is 65.8 Å². The fourth-order valence-corrected chi connectivity index (χ4v) is 6.88. The van der Waals surface area contributed by atoms with Gasteiger partial charge in [0.25, 0.3) is 11.2 Å². The Labute approximate surface area is 327 Å². The van der Waals surface area contributed by atoms with E-state index in [-0.39, 0.29) is 45.1 Å². The van der Waals surface area contributed by atoms with Crippen LogP contribution in [0.4, 0.5) is 5.69 Å². The van der Waals surface area contributed by atoms with Gasteiger partial charge in [-0.05, 0) is 65.0 Å². The van der Waals surface area contributed by atoms with Gasteiger partial charge in [-0.15, -0.1) is 0 Å². The van der Waals surface area contributed by atoms with Crippen molar-refractivity contribution in [3.05, 3.63) is 178 Å². The number of methoxy groups -OCH3 is 2. The topological polar surface area (TPSA) is 202 Å². The minimum absolute atomic E-state index is 0.0185. The number of benzene rings is 4. The maximum atomic E-state index is 13.0. The normalized spacial score (nSPS) is 16.5. The molecule has 0 unspecified atom stereocenters. The SMILES string of the molecule is COc1ccc(C(OC[C@H]2O[C@@H](n3cc(C)c(=O)[nH]c3=O)C[C@@H]2OCOCCc2cc(CN=[N+]=[N-])ccc2[N+](=O)[O-])(c2ccccc2)c2ccc(OC)cc2)cc1. The molecule has 6 rings (SSSR count). The third-order valence-electron chi connectivity index (χ3n) is 9.81. The van der Waals surface area contributed by atoms with Gasteiger partial charge in [0.1, 0.15) is 36.2 Å². The number of aromatic amines is 1. The van der Waals surface area contributed by atoms with E-state index in [1.54, 1.807) is 33.3 Å². The molecule has 1 aromatic heterocycles. The Morgan fingerprint density at radius 1 is 0.965 bits per heavy atom. The lowest BCUT2D eigenvalue weighted by molar-refractivity contribution is -0.385. The summed E-state index contributed by atoms with van der Waals surface area (Å²) in [5.41, 5.74) is 10.1. The molecule has 0 bridgehead atoms. The molecule has 296 valence electrons. The molecule has 16 nitrogen and oxygen atoms in total. The second-order valence-electron chi connectivity index (χ2n) is 13.2. The zero-order chi connectivity index (χ0) is 40.4. The zero-order valence-corrected chi connectivity index (χ0v) is 31.6. The van der Waals surface area contributed by atoms with Crippen molar-refractivity contribution in [2.75, 3.05) is 34.2 Å². The minimum Gasteiger partial charge on any atom is -0.497 e. The molecule has 0 radical (unpaired) electrons. The van der Waals surface area contributed by atoms with Crippen LogP contribution < -0.4 is 20.7 Å². The van der Waals surface area contributed by atoms with Crippen molar-refractivity contribution in [3.63, 3.8) is 0 Å². The second-order valence-corrected chi connectivity index (χ2v) is 13.2. The van der Waals surface area contributed by atoms with Crippen LogP contribution in [-0.2, 0) is 37.5 Å². The second kappa shape index (κ2) is 18.6. The standard InChI is InChI=1S/C41H42N6O10/c1-27-24-46(40(49)44-39(27)48)38-22-36(55-26-54-20-19-29-21-28(23-43-45-42)9-18-35(29)47(50)51)37(57-38)25-56-41(30-7-5-4-6-8-30,31-10-14-33(52-2)15-11-31)32-12-16-34(53-3)17-13-32/h4-18,21,24,36-38H,19-20,22-23,25-26H2,1-3H3,(H,44,48,49)/t36-,37+,38+/m0/s1. The van der Waals surface area contributed by atoms with Crippen LogP contribution in [-0.4, -0.2) is 60.9 Å². The van der Waals surface area contributed by atoms with Gasteiger partial charge in [0.15, 0.2) is 0 Å². The summed E-state index contributed by atoms with van der Waals surface area (Å²) in [5, 5.41) is 15.2. The van der Waals surface area contributed by atoms with E-state index in [4.69, 9.17) is 34.0 Å². The number of ether oxygens (including phenoxy) is 6. The molecule has 3 atom stereocenters. The average molecular weight is 779 g/mol. The third-order valence-corrected chi connectivity index (χ3v) is 9.81. The van der Waals surface area contributed by atoms with Crippen LogP contribution >= 0.6 is 0 Å². The molecular formula is C41H42N6O10. The van der Waals surface area contributed by atoms with Gasteiger partial charge in [0.05, 0.1) is 45.0 Å². The monoisotopic (exact) mass is 778 g/mol. The van der Waals surface area contributed by atoms with E-state index < -0.39 is 40.2 Å². The van der Waals surface area contributed by atoms with Crippen molar-refractivity contribution in [1.82, 2.24) is 9.55 Å². The molecule has 1 aliphatic heterocycles. The lowest BCUT2D eigenvalue weighted by Gasteiger charge is -2.37. The molecular weight excluding hydrogens is 736 g/mol. The number of nitro groups is 1. The van der Waals surface area contributed by atoms with E-state index in [1.165, 1.54) is 16.8 Å². The van der Waals surface area contributed by atoms with Crippen molar-refractivity contribution >= 4 is 5.69 Å². The number of rotatable bonds is 18. The summed E-state index contributed by atoms with van der Waals surface area (Å²) in [6.45, 7) is 1.51. The Hall–Kier alpha value is -6.29. The van der Waals surface area contributed by atoms with E-state index in [0.717, 1.165) is 16.7 Å². The number of hydrogen-bond acceptors (Lipinski definition) is 11. The number of azide groups is 1. The third kappa shape index (κ3) is 9.23. The molecule has 0 saturated carbocycles. The van der Waals surface area contributed by atoms with Crippen molar-refractivity contribution in [2.24, 2.45) is 5.11 Å². The number of H-pyrrole nitrogens is 1. The van der Waals surface area contributed by atoms with Gasteiger partial charge in [-0.2, -0.15) is 0 Å². The number of nitro benzene ring substituents is 1. The molecule has 1 saturated heterocycles. The van der Waals surface area contributed by atoms with E-state index in [2.05, 4.69) is 15.0 Å². The lowest BCUT2D eigenvalue weighted by atomic mass is 9.80. The predicted molar refractivity (Wildman–Crippen MR) is 208 cm³/mol. The van der Waals surface area contributed by atoms with Crippen molar-refractivity contribution in [1.29, 1.82) is 0 Å². The summed E-state index contributed by atoms with van der Waals surface area (Å²) < 4.78 is 38.0. The number of aryl methyl sites for hydroxylation is 1. The molecule has 0 amide bonds. The van der Waals surface area contributed by atoms with Gasteiger partial charge in [-0.25, -0.2) is 4.79 Å². The number of nitrogens with zero attached hydrogens (tertiary/aromatic N) is 5. The van der Waals surface area contributed by atoms with Crippen LogP contribution in [0.5, 0.6) is 11.5 Å². The first-order valence-corrected chi connectivity index (χ1v) is 18.1. The average Bonchev–Trinajstić information content (AvgIpc) is 3.64. The maximum absolute atomic E-state index is 13.0. The van der Waals surface area contributed by atoms with Crippen LogP contribution in [0.25, 0.3) is 10.4 Å². The Balaban J connectivity index is 1.28. The van der Waals surface area contributed by atoms with Crippen LogP contribution in [0, 0.1) is 17.0 Å². The molecule has 1 fully saturated rings. The van der Waals surface area contributed by atoms with E-state index >= 15 is 0 Å². The van der Waals surface area contributed by atoms with Gasteiger partial charge in [0.2, 0.25) is 0 Å². The molecule has 0 aliphatic carbocycles. The lowest BCUT2D eigenvalue weighted by Crippen LogP contribution is -2.39. The molecule has 4 aromatic carbocycles. The Morgan fingerprint density at radius 3 is 2.23 bits per heavy atom. The highest BCUT2D eigenvalue weighted by Gasteiger charge is 2.43. The Morgan fingerprint density at radius 2 is 1.61 bits per heavy atom. The van der Waals surface area contributed by atoms with Crippen molar-refractivity contribution in [2.45, 2.75) is 50.3 Å². The molecule has 5 aromatic rings. The maximum Gasteiger partial charge on any atom is 0.330 e. The quantitative estimate of drug-likeness (QED) is 0.0150. The Bertz CT molecular complexity index is 2260. The summed E-state index contributed by atoms with van der Waals surface area (Å²) in [6.07, 6.45) is -0.365. The summed E-state index contributed by atoms with van der Waals surface area (Å²) in [5.74, 6) is 1.34. The Kier molecular flexibility index (Phi) is 13.1. The van der Waals surface area contributed by atoms with Gasteiger partial charge >= 0.3 is 5.69 Å². The van der Waals surface area contributed by atoms with Crippen molar-refractivity contribution in [3.8, 4) is 11.5 Å². The smallest absolute Gasteiger partial charge is 0.330 e. The zero-order valence-electron chi connectivity index (χ0n) is 31.6.